The van der Waals surface area contributed by atoms with E-state index >= 15 is 0 Å². The molecule has 30 heavy (non-hydrogen) atoms. The van der Waals surface area contributed by atoms with Crippen LogP contribution in [0.3, 0.4) is 0 Å². The fraction of sp³-hybridized carbons (Fsp3) is 0.217. The summed E-state index contributed by atoms with van der Waals surface area (Å²) >= 11 is 3.14. The van der Waals surface area contributed by atoms with Gasteiger partial charge in [-0.15, -0.1) is 0 Å². The standard InChI is InChI=1S/C23H20BrF2NO2S/c24-21-11-6-18(14-22(21)26)23(30(28,29)20-9-7-19(25)8-10-20)12-13-27(16-23)15-17-4-2-1-3-5-17/h1-11,14H,12-13,15-16H2/t23-/m1/s1. The Bertz CT molecular complexity index is 1150. The van der Waals surface area contributed by atoms with Crippen molar-refractivity contribution in [1.29, 1.82) is 0 Å². The first-order chi connectivity index (χ1) is 14.3. The molecule has 1 saturated heterocycles. The molecule has 0 amide bonds. The predicted molar refractivity (Wildman–Crippen MR) is 116 cm³/mol. The Balaban J connectivity index is 1.78. The van der Waals surface area contributed by atoms with Gasteiger partial charge in [0.1, 0.15) is 16.4 Å². The second kappa shape index (κ2) is 8.21. The maximum atomic E-state index is 14.4. The molecular formula is C23H20BrF2NO2S. The number of hydrogen-bond donors (Lipinski definition) is 0. The quantitative estimate of drug-likeness (QED) is 0.454. The smallest absolute Gasteiger partial charge is 0.189 e. The summed E-state index contributed by atoms with van der Waals surface area (Å²) in [6.45, 7) is 1.37. The van der Waals surface area contributed by atoms with E-state index in [-0.39, 0.29) is 15.9 Å². The topological polar surface area (TPSA) is 37.4 Å². The first-order valence-corrected chi connectivity index (χ1v) is 11.8. The maximum Gasteiger partial charge on any atom is 0.189 e. The lowest BCUT2D eigenvalue weighted by Gasteiger charge is -2.30. The summed E-state index contributed by atoms with van der Waals surface area (Å²) < 4.78 is 54.3. The van der Waals surface area contributed by atoms with Crippen LogP contribution in [0.1, 0.15) is 17.5 Å². The van der Waals surface area contributed by atoms with Crippen molar-refractivity contribution in [2.45, 2.75) is 22.6 Å². The molecule has 3 nitrogen and oxygen atoms in total. The Hall–Kier alpha value is -2.09. The highest BCUT2D eigenvalue weighted by molar-refractivity contribution is 9.10. The van der Waals surface area contributed by atoms with Crippen LogP contribution in [0.4, 0.5) is 8.78 Å². The van der Waals surface area contributed by atoms with Gasteiger partial charge in [0, 0.05) is 19.6 Å². The zero-order valence-electron chi connectivity index (χ0n) is 16.1. The molecule has 0 bridgehead atoms. The second-order valence-corrected chi connectivity index (χ2v) is 10.6. The molecular weight excluding hydrogens is 472 g/mol. The van der Waals surface area contributed by atoms with Crippen molar-refractivity contribution < 1.29 is 17.2 Å². The number of halogens is 3. The fourth-order valence-corrected chi connectivity index (χ4v) is 6.41. The summed E-state index contributed by atoms with van der Waals surface area (Å²) in [5.74, 6) is -1.02. The van der Waals surface area contributed by atoms with Gasteiger partial charge in [-0.25, -0.2) is 17.2 Å². The normalized spacial score (nSPS) is 19.8. The zero-order valence-corrected chi connectivity index (χ0v) is 18.5. The third-order valence-electron chi connectivity index (χ3n) is 5.64. The Morgan fingerprint density at radius 3 is 2.33 bits per heavy atom. The predicted octanol–water partition coefficient (Wildman–Crippen LogP) is 5.30. The van der Waals surface area contributed by atoms with E-state index in [1.165, 1.54) is 24.3 Å². The number of benzene rings is 3. The summed E-state index contributed by atoms with van der Waals surface area (Å²) in [6.07, 6.45) is 0.320. The van der Waals surface area contributed by atoms with Crippen LogP contribution in [0, 0.1) is 11.6 Å². The van der Waals surface area contributed by atoms with Crippen molar-refractivity contribution in [2.24, 2.45) is 0 Å². The van der Waals surface area contributed by atoms with Gasteiger partial charge in [0.25, 0.3) is 0 Å². The van der Waals surface area contributed by atoms with Crippen molar-refractivity contribution in [3.05, 3.63) is 100 Å². The Kier molecular flexibility index (Phi) is 5.79. The molecule has 0 aromatic heterocycles. The summed E-state index contributed by atoms with van der Waals surface area (Å²) in [5, 5.41) is 0. The van der Waals surface area contributed by atoms with E-state index in [1.807, 2.05) is 30.3 Å². The van der Waals surface area contributed by atoms with Gasteiger partial charge in [-0.3, -0.25) is 4.90 Å². The van der Waals surface area contributed by atoms with E-state index in [2.05, 4.69) is 20.8 Å². The molecule has 0 unspecified atom stereocenters. The minimum absolute atomic E-state index is 0.0359. The number of rotatable bonds is 5. The van der Waals surface area contributed by atoms with E-state index in [9.17, 15) is 17.2 Å². The molecule has 1 atom stereocenters. The van der Waals surface area contributed by atoms with Crippen molar-refractivity contribution >= 4 is 25.8 Å². The van der Waals surface area contributed by atoms with Gasteiger partial charge in [0.2, 0.25) is 0 Å². The third kappa shape index (κ3) is 3.82. The van der Waals surface area contributed by atoms with Crippen molar-refractivity contribution in [3.8, 4) is 0 Å². The van der Waals surface area contributed by atoms with E-state index in [0.29, 0.717) is 25.1 Å². The maximum absolute atomic E-state index is 14.4. The second-order valence-electron chi connectivity index (χ2n) is 7.53. The average molecular weight is 492 g/mol. The monoisotopic (exact) mass is 491 g/mol. The number of hydrogen-bond acceptors (Lipinski definition) is 3. The summed E-state index contributed by atoms with van der Waals surface area (Å²) in [4.78, 5) is 2.10. The average Bonchev–Trinajstić information content (AvgIpc) is 3.17. The van der Waals surface area contributed by atoms with E-state index in [4.69, 9.17) is 0 Å². The van der Waals surface area contributed by atoms with Gasteiger partial charge in [0.15, 0.2) is 9.84 Å². The lowest BCUT2D eigenvalue weighted by molar-refractivity contribution is 0.320. The highest BCUT2D eigenvalue weighted by Gasteiger charge is 2.51. The van der Waals surface area contributed by atoms with E-state index < -0.39 is 26.2 Å². The van der Waals surface area contributed by atoms with Crippen LogP contribution in [-0.4, -0.2) is 26.4 Å². The highest BCUT2D eigenvalue weighted by Crippen LogP contribution is 2.44. The largest absolute Gasteiger partial charge is 0.297 e. The number of likely N-dealkylation sites (tertiary alicyclic amines) is 1. The van der Waals surface area contributed by atoms with Crippen LogP contribution in [-0.2, 0) is 21.1 Å². The van der Waals surface area contributed by atoms with Crippen molar-refractivity contribution in [2.75, 3.05) is 13.1 Å². The summed E-state index contributed by atoms with van der Waals surface area (Å²) in [7, 11) is -3.92. The van der Waals surface area contributed by atoms with Gasteiger partial charge < -0.3 is 0 Å². The fourth-order valence-electron chi connectivity index (χ4n) is 4.06. The number of nitrogens with zero attached hydrogens (tertiary/aromatic N) is 1. The van der Waals surface area contributed by atoms with Crippen LogP contribution in [0.25, 0.3) is 0 Å². The molecule has 156 valence electrons. The first-order valence-electron chi connectivity index (χ1n) is 9.54. The van der Waals surface area contributed by atoms with E-state index in [1.54, 1.807) is 6.07 Å². The molecule has 1 heterocycles. The minimum Gasteiger partial charge on any atom is -0.297 e. The molecule has 0 radical (unpaired) electrons. The molecule has 1 aliphatic rings. The Morgan fingerprint density at radius 1 is 0.967 bits per heavy atom. The van der Waals surface area contributed by atoms with Gasteiger partial charge >= 0.3 is 0 Å². The van der Waals surface area contributed by atoms with Gasteiger partial charge in [-0.1, -0.05) is 36.4 Å². The Morgan fingerprint density at radius 2 is 1.67 bits per heavy atom. The van der Waals surface area contributed by atoms with Gasteiger partial charge in [-0.05, 0) is 69.9 Å². The van der Waals surface area contributed by atoms with Crippen molar-refractivity contribution in [3.63, 3.8) is 0 Å². The molecule has 0 spiro atoms. The lowest BCUT2D eigenvalue weighted by Crippen LogP contribution is -2.39. The van der Waals surface area contributed by atoms with Crippen LogP contribution in [0.5, 0.6) is 0 Å². The lowest BCUT2D eigenvalue weighted by atomic mass is 9.97. The van der Waals surface area contributed by atoms with E-state index in [0.717, 1.165) is 17.7 Å². The molecule has 4 rings (SSSR count). The molecule has 3 aromatic rings. The Labute approximate surface area is 183 Å². The summed E-state index contributed by atoms with van der Waals surface area (Å²) in [5.41, 5.74) is 1.48. The SMILES string of the molecule is O=S(=O)(c1ccc(F)cc1)[C@]1(c2ccc(Br)c(F)c2)CCN(Cc2ccccc2)C1. The third-order valence-corrected chi connectivity index (χ3v) is 8.78. The molecule has 1 aliphatic heterocycles. The molecule has 0 aliphatic carbocycles. The van der Waals surface area contributed by atoms with Gasteiger partial charge in [0.05, 0.1) is 9.37 Å². The molecule has 3 aromatic carbocycles. The van der Waals surface area contributed by atoms with Crippen LogP contribution in [0.15, 0.2) is 82.2 Å². The zero-order chi connectivity index (χ0) is 21.4. The molecule has 7 heteroatoms. The van der Waals surface area contributed by atoms with Crippen LogP contribution < -0.4 is 0 Å². The number of sulfone groups is 1. The molecule has 0 saturated carbocycles. The minimum atomic E-state index is -3.92. The molecule has 1 fully saturated rings. The van der Waals surface area contributed by atoms with Gasteiger partial charge in [-0.2, -0.15) is 0 Å². The van der Waals surface area contributed by atoms with Crippen LogP contribution in [0.2, 0.25) is 0 Å². The first kappa shape index (κ1) is 21.2. The van der Waals surface area contributed by atoms with Crippen LogP contribution >= 0.6 is 15.9 Å². The highest BCUT2D eigenvalue weighted by atomic mass is 79.9. The summed E-state index contributed by atoms with van der Waals surface area (Å²) in [6, 6.07) is 19.1. The molecule has 0 N–H and O–H groups in total. The van der Waals surface area contributed by atoms with Crippen molar-refractivity contribution in [1.82, 2.24) is 4.90 Å².